The highest BCUT2D eigenvalue weighted by Crippen LogP contribution is 2.17. The molecule has 0 amide bonds. The second-order valence-electron chi connectivity index (χ2n) is 4.36. The van der Waals surface area contributed by atoms with Crippen molar-refractivity contribution in [2.75, 3.05) is 6.61 Å². The third-order valence-corrected chi connectivity index (χ3v) is 3.57. The highest BCUT2D eigenvalue weighted by atomic mass is 32.1. The van der Waals surface area contributed by atoms with Gasteiger partial charge in [-0.3, -0.25) is 4.79 Å². The van der Waals surface area contributed by atoms with Gasteiger partial charge in [0.05, 0.1) is 13.0 Å². The van der Waals surface area contributed by atoms with Gasteiger partial charge in [-0.15, -0.1) is 11.3 Å². The number of ketones is 1. The van der Waals surface area contributed by atoms with Crippen LogP contribution < -0.4 is 4.74 Å². The number of carbonyl (C=O) groups is 1. The lowest BCUT2D eigenvalue weighted by Crippen LogP contribution is -2.04. The molecule has 1 aromatic heterocycles. The van der Waals surface area contributed by atoms with E-state index in [9.17, 15) is 4.79 Å². The van der Waals surface area contributed by atoms with Gasteiger partial charge >= 0.3 is 0 Å². The normalized spacial score (nSPS) is 10.4. The zero-order valence-electron chi connectivity index (χ0n) is 11.2. The molecule has 0 fully saturated rings. The number of aromatic nitrogens is 1. The summed E-state index contributed by atoms with van der Waals surface area (Å²) < 4.78 is 5.54. The number of thiazole rings is 1. The lowest BCUT2D eigenvalue weighted by atomic mass is 10.1. The maximum atomic E-state index is 12.2. The SMILES string of the molecule is CCCOc1cccc(C(=O)Cc2nc(C)cs2)c1. The first kappa shape index (κ1) is 13.7. The van der Waals surface area contributed by atoms with Crippen LogP contribution in [0.25, 0.3) is 0 Å². The van der Waals surface area contributed by atoms with E-state index in [1.165, 1.54) is 11.3 Å². The minimum absolute atomic E-state index is 0.0799. The van der Waals surface area contributed by atoms with Crippen LogP contribution in [0.3, 0.4) is 0 Å². The summed E-state index contributed by atoms with van der Waals surface area (Å²) in [6.07, 6.45) is 1.31. The van der Waals surface area contributed by atoms with E-state index >= 15 is 0 Å². The molecule has 0 unspecified atom stereocenters. The molecule has 0 atom stereocenters. The Morgan fingerprint density at radius 1 is 1.42 bits per heavy atom. The molecule has 1 aromatic carbocycles. The third kappa shape index (κ3) is 3.89. The van der Waals surface area contributed by atoms with E-state index in [1.807, 2.05) is 30.5 Å². The van der Waals surface area contributed by atoms with E-state index in [1.54, 1.807) is 6.07 Å². The average molecular weight is 275 g/mol. The van der Waals surface area contributed by atoms with Crippen LogP contribution in [0.4, 0.5) is 0 Å². The second kappa shape index (κ2) is 6.48. The fourth-order valence-electron chi connectivity index (χ4n) is 1.70. The maximum Gasteiger partial charge on any atom is 0.169 e. The van der Waals surface area contributed by atoms with Crippen LogP contribution in [0.15, 0.2) is 29.6 Å². The Morgan fingerprint density at radius 3 is 2.95 bits per heavy atom. The molecule has 0 aliphatic heterocycles. The second-order valence-corrected chi connectivity index (χ2v) is 5.30. The number of ether oxygens (including phenoxy) is 1. The largest absolute Gasteiger partial charge is 0.494 e. The van der Waals surface area contributed by atoms with Crippen LogP contribution in [0.5, 0.6) is 5.75 Å². The molecule has 1 heterocycles. The first-order valence-electron chi connectivity index (χ1n) is 6.36. The van der Waals surface area contributed by atoms with E-state index < -0.39 is 0 Å². The zero-order chi connectivity index (χ0) is 13.7. The molecule has 2 rings (SSSR count). The smallest absolute Gasteiger partial charge is 0.169 e. The van der Waals surface area contributed by atoms with E-state index in [2.05, 4.69) is 11.9 Å². The van der Waals surface area contributed by atoms with Gasteiger partial charge in [0.25, 0.3) is 0 Å². The molecule has 3 nitrogen and oxygen atoms in total. The van der Waals surface area contributed by atoms with Crippen molar-refractivity contribution in [3.8, 4) is 5.75 Å². The Balaban J connectivity index is 2.06. The molecule has 0 saturated heterocycles. The van der Waals surface area contributed by atoms with E-state index in [4.69, 9.17) is 4.74 Å². The van der Waals surface area contributed by atoms with Gasteiger partial charge in [-0.2, -0.15) is 0 Å². The Morgan fingerprint density at radius 2 is 2.26 bits per heavy atom. The van der Waals surface area contributed by atoms with Gasteiger partial charge in [0.1, 0.15) is 10.8 Å². The van der Waals surface area contributed by atoms with Crippen molar-refractivity contribution in [2.45, 2.75) is 26.7 Å². The fraction of sp³-hybridized carbons (Fsp3) is 0.333. The number of hydrogen-bond donors (Lipinski definition) is 0. The maximum absolute atomic E-state index is 12.2. The van der Waals surface area contributed by atoms with Crippen LogP contribution in [-0.4, -0.2) is 17.4 Å². The molecule has 19 heavy (non-hydrogen) atoms. The number of nitrogens with zero attached hydrogens (tertiary/aromatic N) is 1. The van der Waals surface area contributed by atoms with Crippen LogP contribution in [-0.2, 0) is 6.42 Å². The van der Waals surface area contributed by atoms with E-state index in [-0.39, 0.29) is 5.78 Å². The van der Waals surface area contributed by atoms with Gasteiger partial charge in [-0.25, -0.2) is 4.98 Å². The van der Waals surface area contributed by atoms with Crippen LogP contribution in [0.2, 0.25) is 0 Å². The average Bonchev–Trinajstić information content (AvgIpc) is 2.82. The van der Waals surface area contributed by atoms with Crippen molar-refractivity contribution < 1.29 is 9.53 Å². The van der Waals surface area contributed by atoms with Crippen molar-refractivity contribution in [1.29, 1.82) is 0 Å². The van der Waals surface area contributed by atoms with Crippen molar-refractivity contribution in [1.82, 2.24) is 4.98 Å². The minimum atomic E-state index is 0.0799. The quantitative estimate of drug-likeness (QED) is 0.755. The first-order chi connectivity index (χ1) is 9.19. The fourth-order valence-corrected chi connectivity index (χ4v) is 2.47. The van der Waals surface area contributed by atoms with Gasteiger partial charge in [-0.1, -0.05) is 19.1 Å². The molecule has 0 N–H and O–H groups in total. The van der Waals surface area contributed by atoms with Crippen molar-refractivity contribution in [3.63, 3.8) is 0 Å². The summed E-state index contributed by atoms with van der Waals surface area (Å²) in [5, 5.41) is 2.83. The van der Waals surface area contributed by atoms with Crippen LogP contribution in [0, 0.1) is 6.92 Å². The van der Waals surface area contributed by atoms with E-state index in [0.717, 1.165) is 22.9 Å². The number of benzene rings is 1. The van der Waals surface area contributed by atoms with E-state index in [0.29, 0.717) is 18.6 Å². The predicted octanol–water partition coefficient (Wildman–Crippen LogP) is 3.67. The summed E-state index contributed by atoms with van der Waals surface area (Å²) in [4.78, 5) is 16.5. The number of Topliss-reactive ketones (excluding diaryl/α,β-unsaturated/α-hetero) is 1. The van der Waals surface area contributed by atoms with Gasteiger partial charge in [0, 0.05) is 16.6 Å². The van der Waals surface area contributed by atoms with Crippen LogP contribution in [0.1, 0.15) is 34.4 Å². The van der Waals surface area contributed by atoms with Crippen molar-refractivity contribution in [2.24, 2.45) is 0 Å². The van der Waals surface area contributed by atoms with Crippen molar-refractivity contribution in [3.05, 3.63) is 45.9 Å². The Labute approximate surface area is 117 Å². The molecular formula is C15H17NO2S. The summed E-state index contributed by atoms with van der Waals surface area (Å²) in [5.74, 6) is 0.833. The number of carbonyl (C=O) groups excluding carboxylic acids is 1. The van der Waals surface area contributed by atoms with Gasteiger partial charge in [0.2, 0.25) is 0 Å². The molecule has 0 spiro atoms. The Bertz CT molecular complexity index is 563. The van der Waals surface area contributed by atoms with Gasteiger partial charge in [-0.05, 0) is 25.5 Å². The zero-order valence-corrected chi connectivity index (χ0v) is 12.0. The lowest BCUT2D eigenvalue weighted by molar-refractivity contribution is 0.0992. The molecule has 2 aromatic rings. The van der Waals surface area contributed by atoms with Gasteiger partial charge < -0.3 is 4.74 Å². The third-order valence-electron chi connectivity index (χ3n) is 2.61. The standard InChI is InChI=1S/C15H17NO2S/c1-3-7-18-13-6-4-5-12(8-13)14(17)9-15-16-11(2)10-19-15/h4-6,8,10H,3,7,9H2,1-2H3. The number of aryl methyl sites for hydroxylation is 1. The molecule has 0 saturated carbocycles. The molecule has 0 bridgehead atoms. The van der Waals surface area contributed by atoms with Gasteiger partial charge in [0.15, 0.2) is 5.78 Å². The molecule has 0 radical (unpaired) electrons. The summed E-state index contributed by atoms with van der Waals surface area (Å²) in [7, 11) is 0. The number of rotatable bonds is 6. The Kier molecular flexibility index (Phi) is 4.68. The first-order valence-corrected chi connectivity index (χ1v) is 7.24. The summed E-state index contributed by atoms with van der Waals surface area (Å²) in [5.41, 5.74) is 1.65. The summed E-state index contributed by atoms with van der Waals surface area (Å²) in [6.45, 7) is 4.66. The highest BCUT2D eigenvalue weighted by molar-refractivity contribution is 7.09. The Hall–Kier alpha value is -1.68. The summed E-state index contributed by atoms with van der Waals surface area (Å²) in [6, 6.07) is 7.35. The molecular weight excluding hydrogens is 258 g/mol. The van der Waals surface area contributed by atoms with Crippen LogP contribution >= 0.6 is 11.3 Å². The molecule has 100 valence electrons. The molecule has 0 aliphatic rings. The summed E-state index contributed by atoms with van der Waals surface area (Å²) >= 11 is 1.53. The topological polar surface area (TPSA) is 39.2 Å². The predicted molar refractivity (Wildman–Crippen MR) is 77.1 cm³/mol. The number of hydrogen-bond acceptors (Lipinski definition) is 4. The lowest BCUT2D eigenvalue weighted by Gasteiger charge is -2.06. The highest BCUT2D eigenvalue weighted by Gasteiger charge is 2.10. The minimum Gasteiger partial charge on any atom is -0.494 e. The molecule has 4 heteroatoms. The monoisotopic (exact) mass is 275 g/mol. The molecule has 0 aliphatic carbocycles. The van der Waals surface area contributed by atoms with Crippen molar-refractivity contribution >= 4 is 17.1 Å².